The van der Waals surface area contributed by atoms with Crippen molar-refractivity contribution in [2.45, 2.75) is 13.3 Å². The first-order valence-corrected chi connectivity index (χ1v) is 6.90. The number of nitrogens with zero attached hydrogens (tertiary/aromatic N) is 2. The van der Waals surface area contributed by atoms with Crippen molar-refractivity contribution in [1.29, 1.82) is 0 Å². The Hall–Kier alpha value is -2.64. The summed E-state index contributed by atoms with van der Waals surface area (Å²) in [5.41, 5.74) is 0.372. The van der Waals surface area contributed by atoms with E-state index in [0.717, 1.165) is 0 Å². The van der Waals surface area contributed by atoms with E-state index in [1.54, 1.807) is 0 Å². The highest BCUT2D eigenvalue weighted by atomic mass is 16.6. The van der Waals surface area contributed by atoms with E-state index in [2.05, 4.69) is 5.32 Å². The molecule has 0 saturated carbocycles. The first-order valence-electron chi connectivity index (χ1n) is 6.90. The molecule has 2 rings (SSSR count). The number of carboxylic acids is 1. The third-order valence-corrected chi connectivity index (χ3v) is 3.63. The van der Waals surface area contributed by atoms with Gasteiger partial charge in [-0.2, -0.15) is 0 Å². The van der Waals surface area contributed by atoms with Crippen molar-refractivity contribution in [3.8, 4) is 0 Å². The molecule has 1 heterocycles. The number of piperidine rings is 1. The number of nitro groups is 1. The van der Waals surface area contributed by atoms with E-state index < -0.39 is 22.8 Å². The summed E-state index contributed by atoms with van der Waals surface area (Å²) >= 11 is 0. The van der Waals surface area contributed by atoms with E-state index in [-0.39, 0.29) is 18.2 Å². The summed E-state index contributed by atoms with van der Waals surface area (Å²) in [6.07, 6.45) is 0.552. The van der Waals surface area contributed by atoms with Crippen LogP contribution in [0.3, 0.4) is 0 Å². The molecule has 1 aliphatic heterocycles. The standard InChI is InChI=1S/C14H17N3O5/c1-9-6-10(13(18)19)8-16(7-9)14(20)15-11-2-4-12(5-3-11)17(21)22/h2-5,9-10H,6-8H2,1H3,(H,15,20)(H,18,19). The number of likely N-dealkylation sites (tertiary alicyclic amines) is 1. The van der Waals surface area contributed by atoms with E-state index >= 15 is 0 Å². The van der Waals surface area contributed by atoms with Gasteiger partial charge in [-0.15, -0.1) is 0 Å². The highest BCUT2D eigenvalue weighted by molar-refractivity contribution is 5.90. The predicted octanol–water partition coefficient (Wildman–Crippen LogP) is 2.17. The highest BCUT2D eigenvalue weighted by Gasteiger charge is 2.31. The molecular formula is C14H17N3O5. The average Bonchev–Trinajstić information content (AvgIpc) is 2.47. The van der Waals surface area contributed by atoms with Crippen LogP contribution in [0.4, 0.5) is 16.2 Å². The molecule has 0 aromatic heterocycles. The zero-order valence-corrected chi connectivity index (χ0v) is 12.1. The van der Waals surface area contributed by atoms with Gasteiger partial charge < -0.3 is 15.3 Å². The van der Waals surface area contributed by atoms with Crippen molar-refractivity contribution in [1.82, 2.24) is 4.90 Å². The number of carbonyl (C=O) groups excluding carboxylic acids is 1. The topological polar surface area (TPSA) is 113 Å². The Morgan fingerprint density at radius 3 is 2.50 bits per heavy atom. The number of rotatable bonds is 3. The van der Waals surface area contributed by atoms with Crippen LogP contribution in [0.25, 0.3) is 0 Å². The van der Waals surface area contributed by atoms with E-state index in [1.807, 2.05) is 6.92 Å². The van der Waals surface area contributed by atoms with E-state index in [4.69, 9.17) is 5.11 Å². The SMILES string of the molecule is CC1CC(C(=O)O)CN(C(=O)Nc2ccc([N+](=O)[O-])cc2)C1. The molecule has 2 amide bonds. The molecule has 1 fully saturated rings. The van der Waals surface area contributed by atoms with Gasteiger partial charge in [0, 0.05) is 30.9 Å². The van der Waals surface area contributed by atoms with Crippen LogP contribution in [0.2, 0.25) is 0 Å². The van der Waals surface area contributed by atoms with Crippen LogP contribution in [0.5, 0.6) is 0 Å². The zero-order chi connectivity index (χ0) is 16.3. The largest absolute Gasteiger partial charge is 0.481 e. The van der Waals surface area contributed by atoms with Crippen LogP contribution >= 0.6 is 0 Å². The number of hydrogen-bond acceptors (Lipinski definition) is 4. The number of urea groups is 1. The number of non-ortho nitro benzene ring substituents is 1. The summed E-state index contributed by atoms with van der Waals surface area (Å²) in [7, 11) is 0. The summed E-state index contributed by atoms with van der Waals surface area (Å²) in [4.78, 5) is 34.8. The third-order valence-electron chi connectivity index (χ3n) is 3.63. The molecule has 1 saturated heterocycles. The predicted molar refractivity (Wildman–Crippen MR) is 78.6 cm³/mol. The molecule has 0 aliphatic carbocycles. The van der Waals surface area contributed by atoms with Gasteiger partial charge >= 0.3 is 12.0 Å². The molecule has 1 aromatic carbocycles. The summed E-state index contributed by atoms with van der Waals surface area (Å²) in [5.74, 6) is -1.36. The van der Waals surface area contributed by atoms with Crippen molar-refractivity contribution in [2.75, 3.05) is 18.4 Å². The number of carboxylic acid groups (broad SMARTS) is 1. The maximum Gasteiger partial charge on any atom is 0.321 e. The Bertz CT molecular complexity index is 587. The van der Waals surface area contributed by atoms with E-state index in [1.165, 1.54) is 29.2 Å². The maximum absolute atomic E-state index is 12.2. The molecule has 22 heavy (non-hydrogen) atoms. The second kappa shape index (κ2) is 6.42. The number of amides is 2. The average molecular weight is 307 g/mol. The quantitative estimate of drug-likeness (QED) is 0.656. The Morgan fingerprint density at radius 2 is 1.95 bits per heavy atom. The highest BCUT2D eigenvalue weighted by Crippen LogP contribution is 2.23. The van der Waals surface area contributed by atoms with Crippen LogP contribution in [0, 0.1) is 22.0 Å². The van der Waals surface area contributed by atoms with Crippen molar-refractivity contribution < 1.29 is 19.6 Å². The van der Waals surface area contributed by atoms with Gasteiger partial charge in [0.2, 0.25) is 0 Å². The van der Waals surface area contributed by atoms with Gasteiger partial charge in [0.15, 0.2) is 0 Å². The van der Waals surface area contributed by atoms with Crippen molar-refractivity contribution in [2.24, 2.45) is 11.8 Å². The molecule has 0 radical (unpaired) electrons. The van der Waals surface area contributed by atoms with Gasteiger partial charge in [-0.1, -0.05) is 6.92 Å². The van der Waals surface area contributed by atoms with Gasteiger partial charge in [-0.25, -0.2) is 4.79 Å². The number of carbonyl (C=O) groups is 2. The lowest BCUT2D eigenvalue weighted by atomic mass is 9.91. The second-order valence-corrected chi connectivity index (χ2v) is 5.52. The Balaban J connectivity index is 2.01. The van der Waals surface area contributed by atoms with Gasteiger partial charge in [0.05, 0.1) is 10.8 Å². The summed E-state index contributed by atoms with van der Waals surface area (Å²) < 4.78 is 0. The molecule has 0 bridgehead atoms. The van der Waals surface area contributed by atoms with Crippen molar-refractivity contribution in [3.63, 3.8) is 0 Å². The molecule has 1 aromatic rings. The van der Waals surface area contributed by atoms with Gasteiger partial charge in [0.1, 0.15) is 0 Å². The number of nitrogens with one attached hydrogen (secondary N) is 1. The molecular weight excluding hydrogens is 290 g/mol. The monoisotopic (exact) mass is 307 g/mol. The van der Waals surface area contributed by atoms with E-state index in [0.29, 0.717) is 18.7 Å². The molecule has 1 aliphatic rings. The first kappa shape index (κ1) is 15.7. The summed E-state index contributed by atoms with van der Waals surface area (Å²) in [6.45, 7) is 2.56. The van der Waals surface area contributed by atoms with Crippen LogP contribution in [0.15, 0.2) is 24.3 Å². The lowest BCUT2D eigenvalue weighted by Crippen LogP contribution is -2.47. The summed E-state index contributed by atoms with van der Waals surface area (Å²) in [6, 6.07) is 5.09. The Morgan fingerprint density at radius 1 is 1.32 bits per heavy atom. The third kappa shape index (κ3) is 3.72. The molecule has 2 atom stereocenters. The lowest BCUT2D eigenvalue weighted by Gasteiger charge is -2.34. The number of benzene rings is 1. The van der Waals surface area contributed by atoms with Crippen molar-refractivity contribution in [3.05, 3.63) is 34.4 Å². The zero-order valence-electron chi connectivity index (χ0n) is 12.1. The number of anilines is 1. The fourth-order valence-electron chi connectivity index (χ4n) is 2.57. The van der Waals surface area contributed by atoms with Crippen LogP contribution < -0.4 is 5.32 Å². The summed E-state index contributed by atoms with van der Waals surface area (Å²) in [5, 5.41) is 22.3. The fraction of sp³-hybridized carbons (Fsp3) is 0.429. The number of nitro benzene ring substituents is 1. The first-order chi connectivity index (χ1) is 10.4. The Kier molecular flexibility index (Phi) is 4.59. The second-order valence-electron chi connectivity index (χ2n) is 5.52. The molecule has 2 N–H and O–H groups in total. The minimum absolute atomic E-state index is 0.0597. The molecule has 0 spiro atoms. The van der Waals surface area contributed by atoms with Crippen LogP contribution in [0.1, 0.15) is 13.3 Å². The van der Waals surface area contributed by atoms with Gasteiger partial charge in [0.25, 0.3) is 5.69 Å². The van der Waals surface area contributed by atoms with Crippen LogP contribution in [-0.4, -0.2) is 40.0 Å². The minimum atomic E-state index is -0.903. The van der Waals surface area contributed by atoms with E-state index in [9.17, 15) is 19.7 Å². The van der Waals surface area contributed by atoms with Crippen molar-refractivity contribution >= 4 is 23.4 Å². The van der Waals surface area contributed by atoms with Gasteiger partial charge in [-0.3, -0.25) is 14.9 Å². The number of hydrogen-bond donors (Lipinski definition) is 2. The molecule has 118 valence electrons. The number of aliphatic carboxylic acids is 1. The molecule has 2 unspecified atom stereocenters. The lowest BCUT2D eigenvalue weighted by molar-refractivity contribution is -0.384. The molecule has 8 heteroatoms. The van der Waals surface area contributed by atoms with Gasteiger partial charge in [-0.05, 0) is 24.5 Å². The Labute approximate surface area is 126 Å². The smallest absolute Gasteiger partial charge is 0.321 e. The van der Waals surface area contributed by atoms with Crippen LogP contribution in [-0.2, 0) is 4.79 Å². The molecule has 8 nitrogen and oxygen atoms in total. The fourth-order valence-corrected chi connectivity index (χ4v) is 2.57. The normalized spacial score (nSPS) is 21.2. The maximum atomic E-state index is 12.2. The minimum Gasteiger partial charge on any atom is -0.481 e.